The van der Waals surface area contributed by atoms with Gasteiger partial charge in [-0.05, 0) is 49.2 Å². The molecule has 26 heavy (non-hydrogen) atoms. The van der Waals surface area contributed by atoms with Gasteiger partial charge in [0.1, 0.15) is 12.7 Å². The first-order chi connectivity index (χ1) is 12.8. The Kier molecular flexibility index (Phi) is 4.95. The Morgan fingerprint density at radius 3 is 2.54 bits per heavy atom. The van der Waals surface area contributed by atoms with E-state index in [1.807, 2.05) is 48.5 Å². The Morgan fingerprint density at radius 2 is 1.77 bits per heavy atom. The van der Waals surface area contributed by atoms with Crippen LogP contribution in [-0.4, -0.2) is 38.3 Å². The van der Waals surface area contributed by atoms with Crippen LogP contribution in [0.25, 0.3) is 0 Å². The highest BCUT2D eigenvalue weighted by atomic mass is 16.6. The average molecular weight is 352 g/mol. The van der Waals surface area contributed by atoms with Crippen LogP contribution in [0.15, 0.2) is 48.5 Å². The number of amides is 1. The molecule has 0 bridgehead atoms. The lowest BCUT2D eigenvalue weighted by Gasteiger charge is -2.26. The molecule has 2 aromatic carbocycles. The second kappa shape index (κ2) is 7.68. The van der Waals surface area contributed by atoms with E-state index in [1.54, 1.807) is 0 Å². The van der Waals surface area contributed by atoms with Gasteiger partial charge in [0.25, 0.3) is 5.91 Å². The number of ether oxygens (including phenoxy) is 2. The summed E-state index contributed by atoms with van der Waals surface area (Å²) in [6, 6.07) is 15.5. The number of hydrogen-bond acceptors (Lipinski definition) is 4. The maximum absolute atomic E-state index is 12.3. The van der Waals surface area contributed by atoms with Crippen LogP contribution in [-0.2, 0) is 0 Å². The Hall–Kier alpha value is -2.69. The first kappa shape index (κ1) is 16.8. The molecule has 1 amide bonds. The van der Waals surface area contributed by atoms with Gasteiger partial charge in [-0.25, -0.2) is 0 Å². The lowest BCUT2D eigenvalue weighted by atomic mass is 10.1. The van der Waals surface area contributed by atoms with Gasteiger partial charge in [-0.3, -0.25) is 4.79 Å². The minimum Gasteiger partial charge on any atom is -0.486 e. The Balaban J connectivity index is 1.25. The van der Waals surface area contributed by atoms with Crippen molar-refractivity contribution >= 4 is 11.6 Å². The minimum atomic E-state index is -0.0462. The van der Waals surface area contributed by atoms with Crippen molar-refractivity contribution in [3.8, 4) is 11.5 Å². The first-order valence-corrected chi connectivity index (χ1v) is 9.31. The standard InChI is InChI=1S/C21H24N2O3/c24-21(16-7-9-17(10-8-16)23-13-3-4-14-23)22-12-11-18-15-25-19-5-1-2-6-20(19)26-18/h1-2,5-10,18H,3-4,11-15H2,(H,22,24). The van der Waals surface area contributed by atoms with Crippen molar-refractivity contribution in [3.05, 3.63) is 54.1 Å². The zero-order chi connectivity index (χ0) is 17.8. The summed E-state index contributed by atoms with van der Waals surface area (Å²) < 4.78 is 11.6. The molecular weight excluding hydrogens is 328 g/mol. The van der Waals surface area contributed by atoms with Gasteiger partial charge in [-0.1, -0.05) is 12.1 Å². The van der Waals surface area contributed by atoms with Gasteiger partial charge in [-0.15, -0.1) is 0 Å². The summed E-state index contributed by atoms with van der Waals surface area (Å²) in [7, 11) is 0. The van der Waals surface area contributed by atoms with Crippen LogP contribution in [0.1, 0.15) is 29.6 Å². The molecule has 5 nitrogen and oxygen atoms in total. The molecule has 2 heterocycles. The predicted molar refractivity (Wildman–Crippen MR) is 101 cm³/mol. The number of para-hydroxylation sites is 2. The molecule has 1 atom stereocenters. The maximum Gasteiger partial charge on any atom is 0.251 e. The number of carbonyl (C=O) groups excluding carboxylic acids is 1. The number of carbonyl (C=O) groups is 1. The van der Waals surface area contributed by atoms with E-state index in [0.717, 1.165) is 24.6 Å². The number of hydrogen-bond donors (Lipinski definition) is 1. The van der Waals surface area contributed by atoms with Crippen molar-refractivity contribution in [1.29, 1.82) is 0 Å². The van der Waals surface area contributed by atoms with Crippen LogP contribution in [0.4, 0.5) is 5.69 Å². The average Bonchev–Trinajstić information content (AvgIpc) is 3.23. The molecule has 1 saturated heterocycles. The van der Waals surface area contributed by atoms with Crippen molar-refractivity contribution < 1.29 is 14.3 Å². The minimum absolute atomic E-state index is 0.0391. The summed E-state index contributed by atoms with van der Waals surface area (Å²) in [6.45, 7) is 3.29. The second-order valence-electron chi connectivity index (χ2n) is 6.78. The van der Waals surface area contributed by atoms with Gasteiger partial charge in [0, 0.05) is 37.3 Å². The van der Waals surface area contributed by atoms with Gasteiger partial charge >= 0.3 is 0 Å². The normalized spacial score (nSPS) is 18.6. The van der Waals surface area contributed by atoms with Gasteiger partial charge in [-0.2, -0.15) is 0 Å². The maximum atomic E-state index is 12.3. The third-order valence-electron chi connectivity index (χ3n) is 4.92. The molecule has 5 heteroatoms. The van der Waals surface area contributed by atoms with Crippen molar-refractivity contribution in [1.82, 2.24) is 5.32 Å². The predicted octanol–water partition coefficient (Wildman–Crippen LogP) is 3.25. The van der Waals surface area contributed by atoms with Crippen LogP contribution in [0.5, 0.6) is 11.5 Å². The summed E-state index contributed by atoms with van der Waals surface area (Å²) in [5.74, 6) is 1.51. The molecule has 136 valence electrons. The lowest BCUT2D eigenvalue weighted by Crippen LogP contribution is -2.34. The van der Waals surface area contributed by atoms with Gasteiger partial charge in [0.05, 0.1) is 0 Å². The molecular formula is C21H24N2O3. The first-order valence-electron chi connectivity index (χ1n) is 9.31. The fourth-order valence-electron chi connectivity index (χ4n) is 3.45. The Bertz CT molecular complexity index is 754. The van der Waals surface area contributed by atoms with E-state index in [9.17, 15) is 4.79 Å². The summed E-state index contributed by atoms with van der Waals surface area (Å²) >= 11 is 0. The fraction of sp³-hybridized carbons (Fsp3) is 0.381. The van der Waals surface area contributed by atoms with Crippen molar-refractivity contribution in [3.63, 3.8) is 0 Å². The van der Waals surface area contributed by atoms with Crippen LogP contribution < -0.4 is 19.7 Å². The SMILES string of the molecule is O=C(NCCC1COc2ccccc2O1)c1ccc(N2CCCC2)cc1. The molecule has 1 N–H and O–H groups in total. The number of rotatable bonds is 5. The molecule has 0 radical (unpaired) electrons. The van der Waals surface area contributed by atoms with Crippen LogP contribution in [0.2, 0.25) is 0 Å². The fourth-order valence-corrected chi connectivity index (χ4v) is 3.45. The molecule has 2 aliphatic rings. The molecule has 0 aromatic heterocycles. The van der Waals surface area contributed by atoms with E-state index in [4.69, 9.17) is 9.47 Å². The van der Waals surface area contributed by atoms with Crippen LogP contribution >= 0.6 is 0 Å². The van der Waals surface area contributed by atoms with Crippen molar-refractivity contribution in [2.45, 2.75) is 25.4 Å². The zero-order valence-corrected chi connectivity index (χ0v) is 14.8. The molecule has 1 unspecified atom stereocenters. The smallest absolute Gasteiger partial charge is 0.251 e. The molecule has 2 aliphatic heterocycles. The number of fused-ring (bicyclic) bond motifs is 1. The molecule has 4 rings (SSSR count). The quantitative estimate of drug-likeness (QED) is 0.897. The Labute approximate surface area is 153 Å². The number of nitrogens with zero attached hydrogens (tertiary/aromatic N) is 1. The molecule has 0 saturated carbocycles. The van der Waals surface area contributed by atoms with E-state index in [2.05, 4.69) is 10.2 Å². The van der Waals surface area contributed by atoms with E-state index < -0.39 is 0 Å². The molecule has 2 aromatic rings. The molecule has 1 fully saturated rings. The third-order valence-corrected chi connectivity index (χ3v) is 4.92. The topological polar surface area (TPSA) is 50.8 Å². The number of benzene rings is 2. The summed E-state index contributed by atoms with van der Waals surface area (Å²) in [5.41, 5.74) is 1.89. The monoisotopic (exact) mass is 352 g/mol. The van der Waals surface area contributed by atoms with E-state index in [1.165, 1.54) is 18.5 Å². The molecule has 0 spiro atoms. The van der Waals surface area contributed by atoms with Gasteiger partial charge in [0.15, 0.2) is 11.5 Å². The zero-order valence-electron chi connectivity index (χ0n) is 14.8. The highest BCUT2D eigenvalue weighted by molar-refractivity contribution is 5.94. The van der Waals surface area contributed by atoms with Gasteiger partial charge < -0.3 is 19.7 Å². The molecule has 0 aliphatic carbocycles. The summed E-state index contributed by atoms with van der Waals surface area (Å²) in [6.07, 6.45) is 3.17. The summed E-state index contributed by atoms with van der Waals surface area (Å²) in [5, 5.41) is 2.97. The highest BCUT2D eigenvalue weighted by Crippen LogP contribution is 2.31. The lowest BCUT2D eigenvalue weighted by molar-refractivity contribution is 0.0813. The van der Waals surface area contributed by atoms with Crippen LogP contribution in [0, 0.1) is 0 Å². The highest BCUT2D eigenvalue weighted by Gasteiger charge is 2.20. The van der Waals surface area contributed by atoms with Crippen molar-refractivity contribution in [2.24, 2.45) is 0 Å². The van der Waals surface area contributed by atoms with E-state index in [0.29, 0.717) is 25.1 Å². The van der Waals surface area contributed by atoms with Crippen molar-refractivity contribution in [2.75, 3.05) is 31.1 Å². The number of nitrogens with one attached hydrogen (secondary N) is 1. The van der Waals surface area contributed by atoms with E-state index in [-0.39, 0.29) is 12.0 Å². The Morgan fingerprint density at radius 1 is 1.04 bits per heavy atom. The second-order valence-corrected chi connectivity index (χ2v) is 6.78. The van der Waals surface area contributed by atoms with Gasteiger partial charge in [0.2, 0.25) is 0 Å². The largest absolute Gasteiger partial charge is 0.486 e. The number of anilines is 1. The summed E-state index contributed by atoms with van der Waals surface area (Å²) in [4.78, 5) is 14.7. The van der Waals surface area contributed by atoms with E-state index >= 15 is 0 Å². The third kappa shape index (κ3) is 3.77. The van der Waals surface area contributed by atoms with Crippen LogP contribution in [0.3, 0.4) is 0 Å².